The maximum absolute atomic E-state index is 11.1. The van der Waals surface area contributed by atoms with Crippen molar-refractivity contribution in [2.75, 3.05) is 7.11 Å². The summed E-state index contributed by atoms with van der Waals surface area (Å²) in [5, 5.41) is 18.5. The summed E-state index contributed by atoms with van der Waals surface area (Å²) in [7, 11) is 1.60. The molecule has 7 nitrogen and oxygen atoms in total. The van der Waals surface area contributed by atoms with Crippen molar-refractivity contribution >= 4 is 5.97 Å². The molecule has 158 valence electrons. The molecule has 0 spiro atoms. The monoisotopic (exact) mass is 418 g/mol. The summed E-state index contributed by atoms with van der Waals surface area (Å²) in [6, 6.07) is 20.5. The normalized spacial score (nSPS) is 10.2. The Morgan fingerprint density at radius 3 is 2.35 bits per heavy atom. The van der Waals surface area contributed by atoms with Gasteiger partial charge in [0.25, 0.3) is 0 Å². The standard InChI is InChI=1S/C24H22N2O5/c1-29-20-9-7-18(8-10-20)15-30-22-13-19(14-25)26-21(11-12-23(27)28)24(22)31-16-17-5-3-2-4-6-17/h2-10,13H,11-12,15-16H2,1H3,(H,27,28). The van der Waals surface area contributed by atoms with Crippen LogP contribution < -0.4 is 14.2 Å². The number of aromatic nitrogens is 1. The number of carboxylic acid groups (broad SMARTS) is 1. The molecule has 0 aliphatic rings. The number of rotatable bonds is 10. The molecule has 1 N–H and O–H groups in total. The lowest BCUT2D eigenvalue weighted by Gasteiger charge is -2.16. The number of ether oxygens (including phenoxy) is 3. The topological polar surface area (TPSA) is 102 Å². The Morgan fingerprint density at radius 1 is 1.03 bits per heavy atom. The van der Waals surface area contributed by atoms with Gasteiger partial charge in [0.2, 0.25) is 0 Å². The van der Waals surface area contributed by atoms with Gasteiger partial charge in [-0.2, -0.15) is 5.26 Å². The Bertz CT molecular complexity index is 1060. The van der Waals surface area contributed by atoms with Crippen molar-refractivity contribution in [1.29, 1.82) is 5.26 Å². The molecule has 0 aliphatic carbocycles. The van der Waals surface area contributed by atoms with Crippen LogP contribution in [0, 0.1) is 11.3 Å². The summed E-state index contributed by atoms with van der Waals surface area (Å²) in [4.78, 5) is 15.4. The average Bonchev–Trinajstić information content (AvgIpc) is 2.81. The van der Waals surface area contributed by atoms with Crippen LogP contribution in [0.3, 0.4) is 0 Å². The van der Waals surface area contributed by atoms with Crippen LogP contribution in [-0.2, 0) is 24.4 Å². The van der Waals surface area contributed by atoms with E-state index in [1.807, 2.05) is 60.7 Å². The van der Waals surface area contributed by atoms with E-state index in [0.29, 0.717) is 17.2 Å². The lowest BCUT2D eigenvalue weighted by atomic mass is 10.1. The SMILES string of the molecule is COc1ccc(COc2cc(C#N)nc(CCC(=O)O)c2OCc2ccccc2)cc1. The number of pyridine rings is 1. The number of carboxylic acids is 1. The molecule has 0 atom stereocenters. The van der Waals surface area contributed by atoms with Crippen LogP contribution in [0.1, 0.15) is 28.9 Å². The second-order valence-electron chi connectivity index (χ2n) is 6.70. The summed E-state index contributed by atoms with van der Waals surface area (Å²) in [5.74, 6) is 0.470. The van der Waals surface area contributed by atoms with Gasteiger partial charge in [-0.05, 0) is 23.3 Å². The number of nitriles is 1. The fourth-order valence-electron chi connectivity index (χ4n) is 2.89. The predicted molar refractivity (Wildman–Crippen MR) is 113 cm³/mol. The molecule has 0 bridgehead atoms. The third-order valence-electron chi connectivity index (χ3n) is 4.48. The highest BCUT2D eigenvalue weighted by atomic mass is 16.5. The minimum Gasteiger partial charge on any atom is -0.497 e. The lowest BCUT2D eigenvalue weighted by molar-refractivity contribution is -0.136. The molecule has 0 amide bonds. The summed E-state index contributed by atoms with van der Waals surface area (Å²) in [5.41, 5.74) is 2.36. The highest BCUT2D eigenvalue weighted by Gasteiger charge is 2.17. The van der Waals surface area contributed by atoms with Crippen LogP contribution in [-0.4, -0.2) is 23.2 Å². The molecule has 7 heteroatoms. The summed E-state index contributed by atoms with van der Waals surface area (Å²) < 4.78 is 17.1. The maximum Gasteiger partial charge on any atom is 0.303 e. The molecular formula is C24H22N2O5. The number of aliphatic carboxylic acids is 1. The lowest BCUT2D eigenvalue weighted by Crippen LogP contribution is -2.08. The number of hydrogen-bond donors (Lipinski definition) is 1. The molecule has 1 heterocycles. The second-order valence-corrected chi connectivity index (χ2v) is 6.70. The Morgan fingerprint density at radius 2 is 1.71 bits per heavy atom. The molecule has 0 unspecified atom stereocenters. The van der Waals surface area contributed by atoms with Crippen LogP contribution in [0.5, 0.6) is 17.2 Å². The molecule has 0 saturated carbocycles. The predicted octanol–water partition coefficient (Wildman–Crippen LogP) is 4.14. The molecule has 2 aromatic carbocycles. The van der Waals surface area contributed by atoms with E-state index in [0.717, 1.165) is 16.9 Å². The van der Waals surface area contributed by atoms with E-state index in [-0.39, 0.29) is 31.7 Å². The molecular weight excluding hydrogens is 396 g/mol. The van der Waals surface area contributed by atoms with Gasteiger partial charge in [0.1, 0.15) is 30.7 Å². The minimum absolute atomic E-state index is 0.119. The number of carbonyl (C=O) groups is 1. The molecule has 3 aromatic rings. The largest absolute Gasteiger partial charge is 0.497 e. The van der Waals surface area contributed by atoms with Gasteiger partial charge in [0.05, 0.1) is 19.2 Å². The van der Waals surface area contributed by atoms with Gasteiger partial charge < -0.3 is 19.3 Å². The van der Waals surface area contributed by atoms with Gasteiger partial charge in [0, 0.05) is 12.5 Å². The third kappa shape index (κ3) is 6.21. The fourth-order valence-corrected chi connectivity index (χ4v) is 2.89. The summed E-state index contributed by atoms with van der Waals surface area (Å²) in [6.07, 6.45) is -0.0185. The van der Waals surface area contributed by atoms with Crippen molar-refractivity contribution in [1.82, 2.24) is 4.98 Å². The zero-order valence-corrected chi connectivity index (χ0v) is 17.1. The van der Waals surface area contributed by atoms with E-state index in [1.165, 1.54) is 6.07 Å². The van der Waals surface area contributed by atoms with Crippen molar-refractivity contribution in [2.24, 2.45) is 0 Å². The van der Waals surface area contributed by atoms with Gasteiger partial charge in [0.15, 0.2) is 11.5 Å². The number of nitrogens with zero attached hydrogens (tertiary/aromatic N) is 2. The molecule has 0 aliphatic heterocycles. The first-order valence-corrected chi connectivity index (χ1v) is 9.67. The van der Waals surface area contributed by atoms with Crippen molar-refractivity contribution in [3.63, 3.8) is 0 Å². The van der Waals surface area contributed by atoms with Crippen LogP contribution >= 0.6 is 0 Å². The first-order chi connectivity index (χ1) is 15.1. The average molecular weight is 418 g/mol. The maximum atomic E-state index is 11.1. The van der Waals surface area contributed by atoms with Crippen molar-refractivity contribution in [3.05, 3.63) is 83.2 Å². The third-order valence-corrected chi connectivity index (χ3v) is 4.48. The molecule has 31 heavy (non-hydrogen) atoms. The van der Waals surface area contributed by atoms with E-state index in [2.05, 4.69) is 4.98 Å². The van der Waals surface area contributed by atoms with Crippen molar-refractivity contribution < 1.29 is 24.1 Å². The van der Waals surface area contributed by atoms with E-state index in [9.17, 15) is 10.1 Å². The number of methoxy groups -OCH3 is 1. The van der Waals surface area contributed by atoms with E-state index in [1.54, 1.807) is 7.11 Å². The highest BCUT2D eigenvalue weighted by molar-refractivity contribution is 5.67. The fraction of sp³-hybridized carbons (Fsp3) is 0.208. The van der Waals surface area contributed by atoms with Crippen molar-refractivity contribution in [3.8, 4) is 23.3 Å². The van der Waals surface area contributed by atoms with Gasteiger partial charge in [-0.1, -0.05) is 42.5 Å². The second kappa shape index (κ2) is 10.6. The molecule has 0 saturated heterocycles. The zero-order chi connectivity index (χ0) is 22.1. The van der Waals surface area contributed by atoms with Gasteiger partial charge in [-0.25, -0.2) is 4.98 Å². The molecule has 3 rings (SSSR count). The number of hydrogen-bond acceptors (Lipinski definition) is 6. The molecule has 0 fully saturated rings. The Hall–Kier alpha value is -4.05. The number of aryl methyl sites for hydroxylation is 1. The first kappa shape index (κ1) is 21.7. The molecule has 0 radical (unpaired) electrons. The minimum atomic E-state index is -0.959. The van der Waals surface area contributed by atoms with E-state index < -0.39 is 5.97 Å². The van der Waals surface area contributed by atoms with Gasteiger partial charge >= 0.3 is 5.97 Å². The van der Waals surface area contributed by atoms with Crippen LogP contribution in [0.15, 0.2) is 60.7 Å². The van der Waals surface area contributed by atoms with Gasteiger partial charge in [-0.15, -0.1) is 0 Å². The Kier molecular flexibility index (Phi) is 7.44. The van der Waals surface area contributed by atoms with Crippen molar-refractivity contribution in [2.45, 2.75) is 26.1 Å². The van der Waals surface area contributed by atoms with Crippen LogP contribution in [0.4, 0.5) is 0 Å². The highest BCUT2D eigenvalue weighted by Crippen LogP contribution is 2.33. The Balaban J connectivity index is 1.88. The zero-order valence-electron chi connectivity index (χ0n) is 17.1. The summed E-state index contributed by atoms with van der Waals surface area (Å²) >= 11 is 0. The Labute approximate surface area is 180 Å². The molecule has 1 aromatic heterocycles. The number of benzene rings is 2. The van der Waals surface area contributed by atoms with Gasteiger partial charge in [-0.3, -0.25) is 4.79 Å². The smallest absolute Gasteiger partial charge is 0.303 e. The van der Waals surface area contributed by atoms with Crippen LogP contribution in [0.2, 0.25) is 0 Å². The van der Waals surface area contributed by atoms with E-state index >= 15 is 0 Å². The summed E-state index contributed by atoms with van der Waals surface area (Å²) in [6.45, 7) is 0.492. The first-order valence-electron chi connectivity index (χ1n) is 9.67. The van der Waals surface area contributed by atoms with E-state index in [4.69, 9.17) is 19.3 Å². The quantitative estimate of drug-likeness (QED) is 0.528. The van der Waals surface area contributed by atoms with Crippen LogP contribution in [0.25, 0.3) is 0 Å².